The van der Waals surface area contributed by atoms with Gasteiger partial charge in [-0.15, -0.1) is 0 Å². The molecule has 0 bridgehead atoms. The molecule has 0 saturated heterocycles. The average Bonchev–Trinajstić information content (AvgIpc) is 3.64. The summed E-state index contributed by atoms with van der Waals surface area (Å²) in [4.78, 5) is 0. The molecule has 0 saturated carbocycles. The summed E-state index contributed by atoms with van der Waals surface area (Å²) in [5.74, 6) is 0. The van der Waals surface area contributed by atoms with Crippen LogP contribution >= 0.6 is 0 Å². The number of aryl methyl sites for hydroxylation is 2. The Morgan fingerprint density at radius 1 is 0.455 bits per heavy atom. The van der Waals surface area contributed by atoms with Gasteiger partial charge in [-0.05, 0) is 82.8 Å². The lowest BCUT2D eigenvalue weighted by Gasteiger charge is -2.18. The molecular weight excluding hydrogens is 534 g/mol. The van der Waals surface area contributed by atoms with Gasteiger partial charge >= 0.3 is 0 Å². The van der Waals surface area contributed by atoms with E-state index in [9.17, 15) is 0 Å². The second-order valence-corrected chi connectivity index (χ2v) is 11.7. The van der Waals surface area contributed by atoms with Crippen LogP contribution in [0.25, 0.3) is 82.5 Å². The highest BCUT2D eigenvalue weighted by Gasteiger charge is 2.22. The number of para-hydroxylation sites is 2. The van der Waals surface area contributed by atoms with Crippen molar-refractivity contribution in [1.29, 1.82) is 0 Å². The van der Waals surface area contributed by atoms with Crippen LogP contribution in [0, 0.1) is 13.8 Å². The molecule has 2 heteroatoms. The molecule has 0 spiro atoms. The first-order chi connectivity index (χ1) is 21.7. The number of furan rings is 1. The van der Waals surface area contributed by atoms with Crippen molar-refractivity contribution < 1.29 is 4.42 Å². The van der Waals surface area contributed by atoms with Crippen molar-refractivity contribution in [2.75, 3.05) is 0 Å². The Morgan fingerprint density at radius 2 is 1.09 bits per heavy atom. The lowest BCUT2D eigenvalue weighted by atomic mass is 9.85. The fraction of sp³-hybridized carbons (Fsp3) is 0.0476. The summed E-state index contributed by atoms with van der Waals surface area (Å²) in [5.41, 5.74) is 12.8. The van der Waals surface area contributed by atoms with Gasteiger partial charge in [-0.25, -0.2) is 0 Å². The van der Waals surface area contributed by atoms with Crippen molar-refractivity contribution in [2.24, 2.45) is 0 Å². The fourth-order valence-electron chi connectivity index (χ4n) is 7.42. The maximum atomic E-state index is 6.53. The highest BCUT2D eigenvalue weighted by molar-refractivity contribution is 6.21. The molecule has 0 aliphatic carbocycles. The van der Waals surface area contributed by atoms with Crippen LogP contribution < -0.4 is 0 Å². The van der Waals surface area contributed by atoms with E-state index in [2.05, 4.69) is 152 Å². The van der Waals surface area contributed by atoms with Crippen molar-refractivity contribution >= 4 is 54.5 Å². The maximum Gasteiger partial charge on any atom is 0.139 e. The maximum absolute atomic E-state index is 6.53. The molecule has 208 valence electrons. The molecule has 0 radical (unpaired) electrons. The molecule has 2 heterocycles. The molecule has 0 amide bonds. The molecular formula is C42H29NO. The van der Waals surface area contributed by atoms with Gasteiger partial charge in [-0.3, -0.25) is 0 Å². The van der Waals surface area contributed by atoms with Crippen LogP contribution in [0.4, 0.5) is 0 Å². The van der Waals surface area contributed by atoms with E-state index in [0.29, 0.717) is 0 Å². The molecule has 7 aromatic carbocycles. The Kier molecular flexibility index (Phi) is 5.36. The first kappa shape index (κ1) is 24.9. The van der Waals surface area contributed by atoms with Gasteiger partial charge in [0.1, 0.15) is 11.2 Å². The van der Waals surface area contributed by atoms with Crippen LogP contribution in [0.2, 0.25) is 0 Å². The SMILES string of the molecule is Cc1c(-c2ccc(-n3c4ccccc4c4c5ccccc5ccc43)cc2)c(-c2ccccc2)c(C)c2c1oc1ccccc12. The van der Waals surface area contributed by atoms with Gasteiger partial charge in [0.15, 0.2) is 0 Å². The molecule has 9 aromatic rings. The highest BCUT2D eigenvalue weighted by Crippen LogP contribution is 2.46. The predicted octanol–water partition coefficient (Wildman–Crippen LogP) is 11.8. The number of nitrogens with zero attached hydrogens (tertiary/aromatic N) is 1. The quantitative estimate of drug-likeness (QED) is 0.209. The van der Waals surface area contributed by atoms with Gasteiger partial charge in [0.05, 0.1) is 11.0 Å². The second kappa shape index (κ2) is 9.45. The largest absolute Gasteiger partial charge is 0.456 e. The zero-order valence-electron chi connectivity index (χ0n) is 24.6. The smallest absolute Gasteiger partial charge is 0.139 e. The Balaban J connectivity index is 1.30. The van der Waals surface area contributed by atoms with Gasteiger partial charge in [-0.2, -0.15) is 0 Å². The summed E-state index contributed by atoms with van der Waals surface area (Å²) >= 11 is 0. The summed E-state index contributed by atoms with van der Waals surface area (Å²) < 4.78 is 8.93. The molecule has 0 unspecified atom stereocenters. The summed E-state index contributed by atoms with van der Waals surface area (Å²) in [6, 6.07) is 50.2. The molecule has 9 rings (SSSR count). The third kappa shape index (κ3) is 3.49. The minimum atomic E-state index is 0.930. The molecule has 2 nitrogen and oxygen atoms in total. The molecule has 44 heavy (non-hydrogen) atoms. The number of rotatable bonds is 3. The van der Waals surface area contributed by atoms with Gasteiger partial charge in [0, 0.05) is 32.8 Å². The molecule has 0 fully saturated rings. The van der Waals surface area contributed by atoms with E-state index < -0.39 is 0 Å². The first-order valence-corrected chi connectivity index (χ1v) is 15.2. The van der Waals surface area contributed by atoms with Crippen LogP contribution in [0.15, 0.2) is 144 Å². The number of hydrogen-bond acceptors (Lipinski definition) is 1. The number of aromatic nitrogens is 1. The number of fused-ring (bicyclic) bond motifs is 8. The van der Waals surface area contributed by atoms with Crippen molar-refractivity contribution in [3.05, 3.63) is 151 Å². The van der Waals surface area contributed by atoms with Crippen LogP contribution in [-0.2, 0) is 0 Å². The lowest BCUT2D eigenvalue weighted by Crippen LogP contribution is -1.97. The third-order valence-corrected chi connectivity index (χ3v) is 9.35. The molecule has 0 N–H and O–H groups in total. The average molecular weight is 564 g/mol. The summed E-state index contributed by atoms with van der Waals surface area (Å²) in [5, 5.41) is 7.50. The van der Waals surface area contributed by atoms with Crippen LogP contribution in [0.3, 0.4) is 0 Å². The molecule has 0 aliphatic rings. The molecule has 0 aliphatic heterocycles. The minimum absolute atomic E-state index is 0.930. The third-order valence-electron chi connectivity index (χ3n) is 9.35. The zero-order chi connectivity index (χ0) is 29.4. The van der Waals surface area contributed by atoms with Gasteiger partial charge in [0.25, 0.3) is 0 Å². The number of hydrogen-bond donors (Lipinski definition) is 0. The standard InChI is InChI=1S/C42H29NO/c1-26-38(29-13-4-3-5-14-29)39(27(2)42-40(26)34-17-9-11-19-37(34)44-42)30-20-23-31(24-21-30)43-35-18-10-8-16-33(35)41-32-15-7-6-12-28(32)22-25-36(41)43/h3-25H,1-2H3. The Bertz CT molecular complexity index is 2550. The van der Waals surface area contributed by atoms with Crippen LogP contribution in [0.1, 0.15) is 11.1 Å². The van der Waals surface area contributed by atoms with E-state index in [0.717, 1.165) is 22.4 Å². The predicted molar refractivity (Wildman–Crippen MR) is 186 cm³/mol. The van der Waals surface area contributed by atoms with Crippen LogP contribution in [0.5, 0.6) is 0 Å². The number of benzene rings is 7. The molecule has 0 atom stereocenters. The zero-order valence-corrected chi connectivity index (χ0v) is 24.6. The first-order valence-electron chi connectivity index (χ1n) is 15.2. The monoisotopic (exact) mass is 563 g/mol. The van der Waals surface area contributed by atoms with Crippen molar-refractivity contribution in [3.8, 4) is 27.9 Å². The second-order valence-electron chi connectivity index (χ2n) is 11.7. The topological polar surface area (TPSA) is 18.1 Å². The molecule has 2 aromatic heterocycles. The van der Waals surface area contributed by atoms with Crippen molar-refractivity contribution in [2.45, 2.75) is 13.8 Å². The van der Waals surface area contributed by atoms with E-state index in [1.54, 1.807) is 0 Å². The van der Waals surface area contributed by atoms with Gasteiger partial charge < -0.3 is 8.98 Å². The fourth-order valence-corrected chi connectivity index (χ4v) is 7.42. The van der Waals surface area contributed by atoms with Crippen LogP contribution in [-0.4, -0.2) is 4.57 Å². The Labute approximate surface area is 255 Å². The normalized spacial score (nSPS) is 11.9. The Hall–Kier alpha value is -5.60. The van der Waals surface area contributed by atoms with Gasteiger partial charge in [0.2, 0.25) is 0 Å². The van der Waals surface area contributed by atoms with Gasteiger partial charge in [-0.1, -0.05) is 109 Å². The summed E-state index contributed by atoms with van der Waals surface area (Å²) in [6.07, 6.45) is 0. The van der Waals surface area contributed by atoms with Crippen molar-refractivity contribution in [1.82, 2.24) is 4.57 Å². The van der Waals surface area contributed by atoms with E-state index in [1.807, 2.05) is 6.07 Å². The van der Waals surface area contributed by atoms with E-state index in [4.69, 9.17) is 4.42 Å². The minimum Gasteiger partial charge on any atom is -0.456 e. The van der Waals surface area contributed by atoms with E-state index in [1.165, 1.54) is 71.2 Å². The lowest BCUT2D eigenvalue weighted by molar-refractivity contribution is 0.666. The van der Waals surface area contributed by atoms with E-state index >= 15 is 0 Å². The summed E-state index contributed by atoms with van der Waals surface area (Å²) in [7, 11) is 0. The highest BCUT2D eigenvalue weighted by atomic mass is 16.3. The van der Waals surface area contributed by atoms with Crippen molar-refractivity contribution in [3.63, 3.8) is 0 Å². The Morgan fingerprint density at radius 3 is 1.91 bits per heavy atom. The van der Waals surface area contributed by atoms with E-state index in [-0.39, 0.29) is 0 Å². The summed E-state index contributed by atoms with van der Waals surface area (Å²) in [6.45, 7) is 4.45.